The van der Waals surface area contributed by atoms with Crippen LogP contribution in [-0.4, -0.2) is 17.3 Å². The number of aromatic nitrogens is 1. The van der Waals surface area contributed by atoms with Crippen LogP contribution in [0, 0.1) is 0 Å². The second-order valence-electron chi connectivity index (χ2n) is 5.07. The number of hydrazone groups is 1. The minimum Gasteiger partial charge on any atom is -0.481 e. The molecule has 120 valence electrons. The van der Waals surface area contributed by atoms with Crippen LogP contribution in [0.4, 0.5) is 5.13 Å². The smallest absolute Gasteiger partial charge is 0.357 e. The van der Waals surface area contributed by atoms with Crippen molar-refractivity contribution in [2.24, 2.45) is 5.10 Å². The molecule has 0 amide bonds. The quantitative estimate of drug-likeness (QED) is 0.535. The summed E-state index contributed by atoms with van der Waals surface area (Å²) in [5.74, 6) is -0.859. The molecule has 1 aromatic heterocycles. The second-order valence-corrected chi connectivity index (χ2v) is 6.18. The van der Waals surface area contributed by atoms with E-state index in [-0.39, 0.29) is 6.42 Å². The highest BCUT2D eigenvalue weighted by atomic mass is 32.1. The molecule has 0 aliphatic heterocycles. The van der Waals surface area contributed by atoms with Gasteiger partial charge < -0.3 is 5.11 Å². The average Bonchev–Trinajstić information content (AvgIpc) is 2.98. The van der Waals surface area contributed by atoms with Gasteiger partial charge in [0.15, 0.2) is 0 Å². The Bertz CT molecular complexity index is 845. The topological polar surface area (TPSA) is 75.8 Å². The molecule has 0 fully saturated rings. The first-order chi connectivity index (χ1) is 11.7. The van der Waals surface area contributed by atoms with E-state index in [4.69, 9.17) is 5.11 Å². The monoisotopic (exact) mass is 338 g/mol. The van der Waals surface area contributed by atoms with Crippen molar-refractivity contribution in [3.63, 3.8) is 0 Å². The Morgan fingerprint density at radius 3 is 2.46 bits per heavy atom. The van der Waals surface area contributed by atoms with E-state index in [1.807, 2.05) is 60.7 Å². The largest absolute Gasteiger partial charge is 0.481 e. The van der Waals surface area contributed by atoms with E-state index in [1.54, 1.807) is 6.21 Å². The molecule has 0 atom stereocenters. The number of hydrogen-bond acceptors (Lipinski definition) is 4. The van der Waals surface area contributed by atoms with E-state index < -0.39 is 5.97 Å². The average molecular weight is 338 g/mol. The number of anilines is 1. The third-order valence-corrected chi connectivity index (χ3v) is 4.29. The molecule has 0 aliphatic rings. The number of benzene rings is 2. The number of rotatable bonds is 6. The summed E-state index contributed by atoms with van der Waals surface area (Å²) in [6.07, 6.45) is 1.68. The number of aliphatic carboxylic acids is 1. The summed E-state index contributed by atoms with van der Waals surface area (Å²) in [6, 6.07) is 19.4. The molecule has 6 heteroatoms. The van der Waals surface area contributed by atoms with Crippen LogP contribution >= 0.6 is 11.3 Å². The van der Waals surface area contributed by atoms with Gasteiger partial charge in [0.2, 0.25) is 0 Å². The number of aromatic amines is 1. The first-order valence-corrected chi connectivity index (χ1v) is 8.20. The zero-order valence-electron chi connectivity index (χ0n) is 12.8. The van der Waals surface area contributed by atoms with Gasteiger partial charge in [-0.3, -0.25) is 4.79 Å². The number of H-pyrrole nitrogens is 1. The Kier molecular flexibility index (Phi) is 4.98. The minimum absolute atomic E-state index is 0.0323. The molecule has 24 heavy (non-hydrogen) atoms. The van der Waals surface area contributed by atoms with E-state index in [2.05, 4.69) is 15.5 Å². The Labute approximate surface area is 143 Å². The molecule has 3 rings (SSSR count). The number of nitrogens with zero attached hydrogens (tertiary/aromatic N) is 1. The summed E-state index contributed by atoms with van der Waals surface area (Å²) in [5.41, 5.74) is 5.67. The molecule has 0 saturated heterocycles. The Morgan fingerprint density at radius 2 is 1.79 bits per heavy atom. The van der Waals surface area contributed by atoms with Crippen molar-refractivity contribution in [3.05, 3.63) is 71.1 Å². The van der Waals surface area contributed by atoms with Crippen LogP contribution in [0.1, 0.15) is 10.4 Å². The molecular formula is C18H16N3O2S+. The molecule has 5 nitrogen and oxygen atoms in total. The number of carboxylic acid groups (broad SMARTS) is 1. The summed E-state index contributed by atoms with van der Waals surface area (Å²) in [7, 11) is 0. The Morgan fingerprint density at radius 1 is 1.12 bits per heavy atom. The minimum atomic E-state index is -0.859. The van der Waals surface area contributed by atoms with Crippen LogP contribution in [-0.2, 0) is 11.2 Å². The number of carboxylic acids is 1. The fourth-order valence-electron chi connectivity index (χ4n) is 2.24. The third-order valence-electron chi connectivity index (χ3n) is 3.30. The number of carbonyl (C=O) groups is 1. The van der Waals surface area contributed by atoms with Gasteiger partial charge in [-0.05, 0) is 16.9 Å². The van der Waals surface area contributed by atoms with Crippen molar-refractivity contribution >= 4 is 28.7 Å². The summed E-state index contributed by atoms with van der Waals surface area (Å²) in [6.45, 7) is 0. The fourth-order valence-corrected chi connectivity index (χ4v) is 3.20. The molecule has 0 aliphatic carbocycles. The van der Waals surface area contributed by atoms with Gasteiger partial charge in [0.25, 0.3) is 0 Å². The van der Waals surface area contributed by atoms with Crippen LogP contribution in [0.3, 0.4) is 0 Å². The number of nitrogens with one attached hydrogen (secondary N) is 2. The van der Waals surface area contributed by atoms with E-state index in [1.165, 1.54) is 11.3 Å². The van der Waals surface area contributed by atoms with E-state index >= 15 is 0 Å². The number of hydrogen-bond donors (Lipinski definition) is 2. The lowest BCUT2D eigenvalue weighted by Gasteiger charge is -1.97. The molecule has 0 radical (unpaired) electrons. The predicted octanol–water partition coefficient (Wildman–Crippen LogP) is 3.30. The predicted molar refractivity (Wildman–Crippen MR) is 95.3 cm³/mol. The van der Waals surface area contributed by atoms with Gasteiger partial charge in [-0.15, -0.1) is 5.43 Å². The molecular weight excluding hydrogens is 322 g/mol. The van der Waals surface area contributed by atoms with E-state index in [0.29, 0.717) is 5.13 Å². The van der Waals surface area contributed by atoms with Crippen molar-refractivity contribution in [1.29, 1.82) is 0 Å². The van der Waals surface area contributed by atoms with Gasteiger partial charge in [-0.25, -0.2) is 4.98 Å². The van der Waals surface area contributed by atoms with E-state index in [9.17, 15) is 4.79 Å². The summed E-state index contributed by atoms with van der Waals surface area (Å²) in [5, 5.41) is 14.0. The second kappa shape index (κ2) is 7.52. The molecule has 0 bridgehead atoms. The highest BCUT2D eigenvalue weighted by Gasteiger charge is 2.19. The molecule has 0 unspecified atom stereocenters. The standard InChI is InChI=1S/C18H15N3O2S/c22-16(23)11-15-17(14-9-5-2-6-10-14)20-18(24-15)21-19-12-13-7-3-1-4-8-13/h1-10,12H,11H2,(H,20,21)(H,22,23)/p+1. The first-order valence-electron chi connectivity index (χ1n) is 7.38. The maximum Gasteiger partial charge on any atom is 0.357 e. The molecule has 0 saturated carbocycles. The summed E-state index contributed by atoms with van der Waals surface area (Å²) < 4.78 is 0. The van der Waals surface area contributed by atoms with Crippen molar-refractivity contribution < 1.29 is 14.9 Å². The van der Waals surface area contributed by atoms with Gasteiger partial charge in [-0.2, -0.15) is 0 Å². The zero-order valence-corrected chi connectivity index (χ0v) is 13.6. The van der Waals surface area contributed by atoms with Crippen molar-refractivity contribution in [1.82, 2.24) is 0 Å². The van der Waals surface area contributed by atoms with Crippen LogP contribution in [0.15, 0.2) is 65.8 Å². The van der Waals surface area contributed by atoms with Crippen LogP contribution < -0.4 is 10.4 Å². The highest BCUT2D eigenvalue weighted by Crippen LogP contribution is 2.27. The van der Waals surface area contributed by atoms with Crippen molar-refractivity contribution in [2.45, 2.75) is 6.42 Å². The van der Waals surface area contributed by atoms with Gasteiger partial charge >= 0.3 is 11.1 Å². The highest BCUT2D eigenvalue weighted by molar-refractivity contribution is 7.15. The lowest BCUT2D eigenvalue weighted by atomic mass is 10.1. The van der Waals surface area contributed by atoms with Crippen LogP contribution in [0.2, 0.25) is 0 Å². The van der Waals surface area contributed by atoms with Gasteiger partial charge in [0.1, 0.15) is 5.69 Å². The maximum atomic E-state index is 11.1. The molecule has 1 heterocycles. The van der Waals surface area contributed by atoms with Gasteiger partial charge in [0.05, 0.1) is 17.5 Å². The van der Waals surface area contributed by atoms with Crippen molar-refractivity contribution in [3.8, 4) is 11.3 Å². The Hall–Kier alpha value is -2.99. The number of thiazole rings is 1. The third kappa shape index (κ3) is 4.05. The summed E-state index contributed by atoms with van der Waals surface area (Å²) in [4.78, 5) is 15.1. The SMILES string of the molecule is O=C(O)Cc1sc(NN=Cc2ccccc2)[nH+]c1-c1ccccc1. The molecule has 3 aromatic rings. The summed E-state index contributed by atoms with van der Waals surface area (Å²) >= 11 is 1.36. The molecule has 0 spiro atoms. The lowest BCUT2D eigenvalue weighted by Crippen LogP contribution is -2.09. The zero-order chi connectivity index (χ0) is 16.8. The Balaban J connectivity index is 1.82. The maximum absolute atomic E-state index is 11.1. The van der Waals surface area contributed by atoms with Gasteiger partial charge in [-0.1, -0.05) is 65.8 Å². The first kappa shape index (κ1) is 15.9. The van der Waals surface area contributed by atoms with Crippen LogP contribution in [0.25, 0.3) is 11.3 Å². The lowest BCUT2D eigenvalue weighted by molar-refractivity contribution is -0.341. The van der Waals surface area contributed by atoms with E-state index in [0.717, 1.165) is 21.7 Å². The van der Waals surface area contributed by atoms with Crippen molar-refractivity contribution in [2.75, 3.05) is 5.43 Å². The molecule has 2 aromatic carbocycles. The normalized spacial score (nSPS) is 10.8. The van der Waals surface area contributed by atoms with Crippen LogP contribution in [0.5, 0.6) is 0 Å². The molecule has 3 N–H and O–H groups in total. The fraction of sp³-hybridized carbons (Fsp3) is 0.0556. The van der Waals surface area contributed by atoms with Gasteiger partial charge in [0, 0.05) is 5.56 Å².